The Morgan fingerprint density at radius 2 is 2.17 bits per heavy atom. The van der Waals surface area contributed by atoms with Gasteiger partial charge in [0, 0.05) is 4.88 Å². The molecular formula is C16H14N4OS2. The summed E-state index contributed by atoms with van der Waals surface area (Å²) in [4.78, 5) is 16.6. The van der Waals surface area contributed by atoms with Crippen LogP contribution in [0.5, 0.6) is 0 Å². The predicted molar refractivity (Wildman–Crippen MR) is 94.0 cm³/mol. The Balaban J connectivity index is 1.58. The molecule has 0 fully saturated rings. The normalized spacial score (nSPS) is 11.2. The molecule has 0 atom stereocenters. The van der Waals surface area contributed by atoms with Crippen molar-refractivity contribution < 1.29 is 4.42 Å². The molecule has 116 valence electrons. The van der Waals surface area contributed by atoms with Gasteiger partial charge in [-0.2, -0.15) is 0 Å². The monoisotopic (exact) mass is 342 g/mol. The second kappa shape index (κ2) is 5.75. The van der Waals surface area contributed by atoms with Crippen molar-refractivity contribution in [2.45, 2.75) is 20.4 Å². The summed E-state index contributed by atoms with van der Waals surface area (Å²) in [7, 11) is 0. The van der Waals surface area contributed by atoms with Crippen LogP contribution in [0.25, 0.3) is 21.0 Å². The van der Waals surface area contributed by atoms with E-state index in [-0.39, 0.29) is 0 Å². The average molecular weight is 342 g/mol. The first-order chi connectivity index (χ1) is 11.2. The first-order valence-electron chi connectivity index (χ1n) is 7.15. The Bertz CT molecular complexity index is 956. The van der Waals surface area contributed by atoms with Crippen molar-refractivity contribution in [1.82, 2.24) is 15.0 Å². The first-order valence-corrected chi connectivity index (χ1v) is 8.85. The molecule has 4 aromatic heterocycles. The molecule has 0 bridgehead atoms. The van der Waals surface area contributed by atoms with Crippen molar-refractivity contribution in [2.75, 3.05) is 5.32 Å². The zero-order valence-electron chi connectivity index (χ0n) is 12.7. The maximum absolute atomic E-state index is 5.54. The van der Waals surface area contributed by atoms with Crippen LogP contribution >= 0.6 is 22.7 Å². The number of nitrogens with zero attached hydrogens (tertiary/aromatic N) is 3. The van der Waals surface area contributed by atoms with Gasteiger partial charge in [-0.1, -0.05) is 6.07 Å². The van der Waals surface area contributed by atoms with Crippen molar-refractivity contribution >= 4 is 38.7 Å². The largest absolute Gasteiger partial charge is 0.443 e. The maximum atomic E-state index is 5.54. The molecule has 7 heteroatoms. The Kier molecular flexibility index (Phi) is 3.59. The summed E-state index contributed by atoms with van der Waals surface area (Å²) in [5.41, 5.74) is 2.08. The molecule has 0 unspecified atom stereocenters. The van der Waals surface area contributed by atoms with Gasteiger partial charge in [0.1, 0.15) is 23.2 Å². The van der Waals surface area contributed by atoms with E-state index in [1.54, 1.807) is 35.3 Å². The third-order valence-corrected chi connectivity index (χ3v) is 5.66. The van der Waals surface area contributed by atoms with E-state index in [1.807, 2.05) is 17.5 Å². The Morgan fingerprint density at radius 1 is 1.26 bits per heavy atom. The number of oxazole rings is 1. The van der Waals surface area contributed by atoms with Gasteiger partial charge < -0.3 is 9.73 Å². The van der Waals surface area contributed by atoms with Crippen molar-refractivity contribution in [3.8, 4) is 10.8 Å². The molecule has 0 spiro atoms. The summed E-state index contributed by atoms with van der Waals surface area (Å²) in [6, 6.07) is 3.99. The lowest BCUT2D eigenvalue weighted by Crippen LogP contribution is -2.02. The van der Waals surface area contributed by atoms with Crippen molar-refractivity contribution in [3.05, 3.63) is 46.2 Å². The molecule has 0 aliphatic rings. The van der Waals surface area contributed by atoms with Gasteiger partial charge in [0.05, 0.1) is 22.5 Å². The van der Waals surface area contributed by atoms with Crippen molar-refractivity contribution in [3.63, 3.8) is 0 Å². The fourth-order valence-corrected chi connectivity index (χ4v) is 4.04. The van der Waals surface area contributed by atoms with E-state index in [4.69, 9.17) is 4.42 Å². The molecule has 23 heavy (non-hydrogen) atoms. The van der Waals surface area contributed by atoms with Gasteiger partial charge in [-0.25, -0.2) is 15.0 Å². The van der Waals surface area contributed by atoms with E-state index in [9.17, 15) is 0 Å². The van der Waals surface area contributed by atoms with Gasteiger partial charge in [-0.3, -0.25) is 0 Å². The zero-order valence-corrected chi connectivity index (χ0v) is 14.3. The average Bonchev–Trinajstić information content (AvgIpc) is 3.27. The van der Waals surface area contributed by atoms with Gasteiger partial charge >= 0.3 is 0 Å². The molecule has 4 heterocycles. The fraction of sp³-hybridized carbons (Fsp3) is 0.188. The second-order valence-electron chi connectivity index (χ2n) is 5.16. The number of fused-ring (bicyclic) bond motifs is 1. The smallest absolute Gasteiger partial charge is 0.236 e. The minimum Gasteiger partial charge on any atom is -0.443 e. The summed E-state index contributed by atoms with van der Waals surface area (Å²) in [6.45, 7) is 4.78. The molecule has 0 aromatic carbocycles. The van der Waals surface area contributed by atoms with E-state index in [2.05, 4.69) is 34.1 Å². The highest BCUT2D eigenvalue weighted by Gasteiger charge is 2.13. The van der Waals surface area contributed by atoms with Crippen LogP contribution in [0.15, 0.2) is 34.5 Å². The minimum absolute atomic E-state index is 0.565. The molecule has 0 aliphatic carbocycles. The molecule has 1 N–H and O–H groups in total. The molecule has 0 radical (unpaired) electrons. The van der Waals surface area contributed by atoms with Gasteiger partial charge in [-0.15, -0.1) is 22.7 Å². The number of thiophene rings is 2. The number of rotatable bonds is 4. The summed E-state index contributed by atoms with van der Waals surface area (Å²) in [6.07, 6.45) is 3.28. The summed E-state index contributed by atoms with van der Waals surface area (Å²) in [5.74, 6) is 1.50. The van der Waals surface area contributed by atoms with E-state index < -0.39 is 0 Å². The van der Waals surface area contributed by atoms with E-state index in [1.165, 1.54) is 10.4 Å². The maximum Gasteiger partial charge on any atom is 0.236 e. The molecule has 0 amide bonds. The van der Waals surface area contributed by atoms with Crippen molar-refractivity contribution in [1.29, 1.82) is 0 Å². The molecule has 0 saturated carbocycles. The number of aryl methyl sites for hydroxylation is 2. The molecule has 0 saturated heterocycles. The number of nitrogens with one attached hydrogen (secondary N) is 1. The molecule has 5 nitrogen and oxygen atoms in total. The van der Waals surface area contributed by atoms with Gasteiger partial charge in [0.2, 0.25) is 5.89 Å². The third kappa shape index (κ3) is 2.62. The van der Waals surface area contributed by atoms with Crippen LogP contribution in [0, 0.1) is 13.8 Å². The lowest BCUT2D eigenvalue weighted by atomic mass is 10.2. The van der Waals surface area contributed by atoms with Crippen LogP contribution in [0.3, 0.4) is 0 Å². The SMILES string of the molecule is Cc1sc2ncnc(NCc3coc(-c4cccs4)n3)c2c1C. The highest BCUT2D eigenvalue weighted by Crippen LogP contribution is 2.32. The summed E-state index contributed by atoms with van der Waals surface area (Å²) >= 11 is 3.31. The molecule has 4 rings (SSSR count). The highest BCUT2D eigenvalue weighted by atomic mass is 32.1. The summed E-state index contributed by atoms with van der Waals surface area (Å²) in [5, 5.41) is 6.46. The number of hydrogen-bond acceptors (Lipinski definition) is 7. The second-order valence-corrected chi connectivity index (χ2v) is 7.31. The Labute approximate surface area is 141 Å². The van der Waals surface area contributed by atoms with Gasteiger partial charge in [0.15, 0.2) is 0 Å². The predicted octanol–water partition coefficient (Wildman–Crippen LogP) is 4.64. The minimum atomic E-state index is 0.565. The third-order valence-electron chi connectivity index (χ3n) is 3.69. The highest BCUT2D eigenvalue weighted by molar-refractivity contribution is 7.18. The fourth-order valence-electron chi connectivity index (χ4n) is 2.39. The van der Waals surface area contributed by atoms with E-state index >= 15 is 0 Å². The lowest BCUT2D eigenvalue weighted by molar-refractivity contribution is 0.574. The van der Waals surface area contributed by atoms with Crippen LogP contribution in [-0.2, 0) is 6.54 Å². The van der Waals surface area contributed by atoms with E-state index in [0.29, 0.717) is 12.4 Å². The number of anilines is 1. The molecule has 4 aromatic rings. The van der Waals surface area contributed by atoms with Crippen molar-refractivity contribution in [2.24, 2.45) is 0 Å². The van der Waals surface area contributed by atoms with E-state index in [0.717, 1.165) is 26.6 Å². The topological polar surface area (TPSA) is 63.8 Å². The number of aromatic nitrogens is 3. The summed E-state index contributed by atoms with van der Waals surface area (Å²) < 4.78 is 5.54. The molecular weight excluding hydrogens is 328 g/mol. The van der Waals surface area contributed by atoms with Crippen LogP contribution < -0.4 is 5.32 Å². The van der Waals surface area contributed by atoms with Crippen LogP contribution in [0.4, 0.5) is 5.82 Å². The lowest BCUT2D eigenvalue weighted by Gasteiger charge is -2.05. The van der Waals surface area contributed by atoms with Crippen LogP contribution in [0.1, 0.15) is 16.1 Å². The zero-order chi connectivity index (χ0) is 15.8. The van der Waals surface area contributed by atoms with Gasteiger partial charge in [0.25, 0.3) is 0 Å². The Hall–Kier alpha value is -2.25. The first kappa shape index (κ1) is 14.3. The van der Waals surface area contributed by atoms with Crippen LogP contribution in [0.2, 0.25) is 0 Å². The Morgan fingerprint density at radius 3 is 3.00 bits per heavy atom. The standard InChI is InChI=1S/C16H14N4OS2/c1-9-10(2)23-16-13(9)14(18-8-19-16)17-6-11-7-21-15(20-11)12-4-3-5-22-12/h3-5,7-8H,6H2,1-2H3,(H,17,18,19). The number of hydrogen-bond donors (Lipinski definition) is 1. The van der Waals surface area contributed by atoms with Gasteiger partial charge in [-0.05, 0) is 30.9 Å². The van der Waals surface area contributed by atoms with Crippen LogP contribution in [-0.4, -0.2) is 15.0 Å². The molecule has 0 aliphatic heterocycles. The quantitative estimate of drug-likeness (QED) is 0.585.